The van der Waals surface area contributed by atoms with Crippen LogP contribution >= 0.6 is 11.8 Å². The zero-order chi connectivity index (χ0) is 8.39. The first-order chi connectivity index (χ1) is 5.92. The first-order valence-electron chi connectivity index (χ1n) is 4.25. The van der Waals surface area contributed by atoms with Gasteiger partial charge in [-0.3, -0.25) is 0 Å². The van der Waals surface area contributed by atoms with Gasteiger partial charge in [0, 0.05) is 5.56 Å². The third-order valence-corrected chi connectivity index (χ3v) is 3.15. The van der Waals surface area contributed by atoms with E-state index in [1.165, 1.54) is 5.56 Å². The highest BCUT2D eigenvalue weighted by atomic mass is 32.2. The van der Waals surface area contributed by atoms with Gasteiger partial charge >= 0.3 is 0 Å². The van der Waals surface area contributed by atoms with Crippen LogP contribution in [0.15, 0.2) is 24.3 Å². The Kier molecular flexibility index (Phi) is 2.26. The molecule has 0 amide bonds. The van der Waals surface area contributed by atoms with Gasteiger partial charge in [-0.25, -0.2) is 0 Å². The second-order valence-electron chi connectivity index (χ2n) is 2.79. The van der Waals surface area contributed by atoms with Gasteiger partial charge in [-0.1, -0.05) is 25.1 Å². The van der Waals surface area contributed by atoms with E-state index in [4.69, 9.17) is 4.74 Å². The van der Waals surface area contributed by atoms with Gasteiger partial charge in [0.05, 0.1) is 5.25 Å². The molecule has 0 aromatic heterocycles. The molecule has 0 saturated heterocycles. The lowest BCUT2D eigenvalue weighted by Gasteiger charge is -2.04. The summed E-state index contributed by atoms with van der Waals surface area (Å²) in [5.74, 6) is 2.23. The van der Waals surface area contributed by atoms with Gasteiger partial charge in [0.25, 0.3) is 0 Å². The van der Waals surface area contributed by atoms with Crippen LogP contribution in [-0.2, 0) is 0 Å². The van der Waals surface area contributed by atoms with E-state index in [9.17, 15) is 0 Å². The highest BCUT2D eigenvalue weighted by Gasteiger charge is 2.22. The lowest BCUT2D eigenvalue weighted by Crippen LogP contribution is -1.95. The van der Waals surface area contributed by atoms with E-state index in [0.717, 1.165) is 18.1 Å². The van der Waals surface area contributed by atoms with Crippen molar-refractivity contribution in [1.29, 1.82) is 0 Å². The quantitative estimate of drug-likeness (QED) is 0.692. The first-order valence-corrected chi connectivity index (χ1v) is 5.30. The maximum Gasteiger partial charge on any atom is 0.123 e. The third-order valence-electron chi connectivity index (χ3n) is 2.02. The average molecular weight is 180 g/mol. The van der Waals surface area contributed by atoms with Crippen molar-refractivity contribution in [3.63, 3.8) is 0 Å². The Labute approximate surface area is 77.1 Å². The standard InChI is InChI=1S/C10H12OS/c1-2-12-10-7-11-9-6-4-3-5-8(9)10/h3-6,10H,2,7H2,1H3/t10-/m0/s1. The highest BCUT2D eigenvalue weighted by molar-refractivity contribution is 7.99. The third kappa shape index (κ3) is 1.31. The lowest BCUT2D eigenvalue weighted by atomic mass is 10.2. The smallest absolute Gasteiger partial charge is 0.123 e. The summed E-state index contributed by atoms with van der Waals surface area (Å²) >= 11 is 1.96. The number of ether oxygens (including phenoxy) is 1. The van der Waals surface area contributed by atoms with Crippen LogP contribution in [0, 0.1) is 0 Å². The van der Waals surface area contributed by atoms with Crippen molar-refractivity contribution < 1.29 is 4.74 Å². The summed E-state index contributed by atoms with van der Waals surface area (Å²) < 4.78 is 5.54. The second-order valence-corrected chi connectivity index (χ2v) is 4.27. The molecule has 12 heavy (non-hydrogen) atoms. The van der Waals surface area contributed by atoms with E-state index in [-0.39, 0.29) is 0 Å². The number of fused-ring (bicyclic) bond motifs is 1. The van der Waals surface area contributed by atoms with Crippen LogP contribution in [0.4, 0.5) is 0 Å². The molecule has 0 radical (unpaired) electrons. The molecule has 0 aliphatic carbocycles. The molecule has 0 fully saturated rings. The van der Waals surface area contributed by atoms with Crippen LogP contribution in [0.5, 0.6) is 5.75 Å². The minimum absolute atomic E-state index is 0.561. The Morgan fingerprint density at radius 3 is 3.17 bits per heavy atom. The van der Waals surface area contributed by atoms with Crippen molar-refractivity contribution in [3.8, 4) is 5.75 Å². The van der Waals surface area contributed by atoms with Crippen LogP contribution in [0.3, 0.4) is 0 Å². The normalized spacial score (nSPS) is 20.2. The fraction of sp³-hybridized carbons (Fsp3) is 0.400. The predicted octanol–water partition coefficient (Wildman–Crippen LogP) is 2.87. The summed E-state index contributed by atoms with van der Waals surface area (Å²) in [7, 11) is 0. The topological polar surface area (TPSA) is 9.23 Å². The maximum absolute atomic E-state index is 5.54. The van der Waals surface area contributed by atoms with Crippen molar-refractivity contribution in [1.82, 2.24) is 0 Å². The van der Waals surface area contributed by atoms with E-state index in [2.05, 4.69) is 19.1 Å². The van der Waals surface area contributed by atoms with Crippen LogP contribution in [0.1, 0.15) is 17.7 Å². The van der Waals surface area contributed by atoms with Crippen LogP contribution < -0.4 is 4.74 Å². The van der Waals surface area contributed by atoms with Crippen LogP contribution in [0.2, 0.25) is 0 Å². The van der Waals surface area contributed by atoms with E-state index in [1.807, 2.05) is 23.9 Å². The molecule has 1 aliphatic heterocycles. The van der Waals surface area contributed by atoms with Gasteiger partial charge in [0.15, 0.2) is 0 Å². The first kappa shape index (κ1) is 7.99. The van der Waals surface area contributed by atoms with Crippen molar-refractivity contribution >= 4 is 11.8 Å². The molecule has 1 aromatic rings. The summed E-state index contributed by atoms with van der Waals surface area (Å²) in [6.45, 7) is 3.03. The molecule has 1 nitrogen and oxygen atoms in total. The molecule has 1 aliphatic rings. The van der Waals surface area contributed by atoms with Crippen LogP contribution in [-0.4, -0.2) is 12.4 Å². The van der Waals surface area contributed by atoms with Crippen molar-refractivity contribution in [2.75, 3.05) is 12.4 Å². The zero-order valence-corrected chi connectivity index (χ0v) is 7.93. The Bertz CT molecular complexity index is 270. The average Bonchev–Trinajstić information content (AvgIpc) is 2.50. The molecule has 1 aromatic carbocycles. The number of hydrogen-bond donors (Lipinski definition) is 0. The van der Waals surface area contributed by atoms with Gasteiger partial charge < -0.3 is 4.74 Å². The highest BCUT2D eigenvalue weighted by Crippen LogP contribution is 2.40. The lowest BCUT2D eigenvalue weighted by molar-refractivity contribution is 0.354. The van der Waals surface area contributed by atoms with Gasteiger partial charge in [0.2, 0.25) is 0 Å². The fourth-order valence-electron chi connectivity index (χ4n) is 1.47. The molecule has 2 heteroatoms. The van der Waals surface area contributed by atoms with Gasteiger partial charge in [0.1, 0.15) is 12.4 Å². The molecule has 0 saturated carbocycles. The van der Waals surface area contributed by atoms with Gasteiger partial charge in [-0.2, -0.15) is 11.8 Å². The number of hydrogen-bond acceptors (Lipinski definition) is 2. The monoisotopic (exact) mass is 180 g/mol. The Balaban J connectivity index is 2.24. The molecule has 64 valence electrons. The summed E-state index contributed by atoms with van der Waals surface area (Å²) in [6.07, 6.45) is 0. The Hall–Kier alpha value is -0.630. The second kappa shape index (κ2) is 3.40. The molecule has 0 spiro atoms. The largest absolute Gasteiger partial charge is 0.492 e. The molecule has 1 atom stereocenters. The number of para-hydroxylation sites is 1. The van der Waals surface area contributed by atoms with E-state index in [0.29, 0.717) is 5.25 Å². The molecule has 0 bridgehead atoms. The Morgan fingerprint density at radius 1 is 1.50 bits per heavy atom. The maximum atomic E-state index is 5.54. The van der Waals surface area contributed by atoms with Gasteiger partial charge in [-0.15, -0.1) is 0 Å². The van der Waals surface area contributed by atoms with Crippen molar-refractivity contribution in [2.45, 2.75) is 12.2 Å². The van der Waals surface area contributed by atoms with Crippen molar-refractivity contribution in [2.24, 2.45) is 0 Å². The van der Waals surface area contributed by atoms with E-state index in [1.54, 1.807) is 0 Å². The Morgan fingerprint density at radius 2 is 2.33 bits per heavy atom. The number of thioether (sulfide) groups is 1. The summed E-state index contributed by atoms with van der Waals surface area (Å²) in [5, 5.41) is 0.561. The molecule has 0 unspecified atom stereocenters. The van der Waals surface area contributed by atoms with Gasteiger partial charge in [-0.05, 0) is 11.8 Å². The van der Waals surface area contributed by atoms with Crippen molar-refractivity contribution in [3.05, 3.63) is 29.8 Å². The van der Waals surface area contributed by atoms with E-state index < -0.39 is 0 Å². The van der Waals surface area contributed by atoms with E-state index >= 15 is 0 Å². The summed E-state index contributed by atoms with van der Waals surface area (Å²) in [6, 6.07) is 8.32. The fourth-order valence-corrected chi connectivity index (χ4v) is 2.41. The summed E-state index contributed by atoms with van der Waals surface area (Å²) in [4.78, 5) is 0. The minimum Gasteiger partial charge on any atom is -0.492 e. The number of rotatable bonds is 2. The molecule has 2 rings (SSSR count). The molecular formula is C10H12OS. The summed E-state index contributed by atoms with van der Waals surface area (Å²) in [5.41, 5.74) is 1.37. The zero-order valence-electron chi connectivity index (χ0n) is 7.12. The molecular weight excluding hydrogens is 168 g/mol. The SMILES string of the molecule is CCS[C@H]1COc2ccccc21. The predicted molar refractivity (Wildman–Crippen MR) is 52.8 cm³/mol. The van der Waals surface area contributed by atoms with Crippen LogP contribution in [0.25, 0.3) is 0 Å². The number of benzene rings is 1. The minimum atomic E-state index is 0.561. The molecule has 0 N–H and O–H groups in total. The molecule has 1 heterocycles.